The number of halogens is 2. The van der Waals surface area contributed by atoms with Gasteiger partial charge >= 0.3 is 0 Å². The second-order valence-electron chi connectivity index (χ2n) is 6.03. The van der Waals surface area contributed by atoms with Crippen molar-refractivity contribution in [3.05, 3.63) is 29.8 Å². The van der Waals surface area contributed by atoms with Gasteiger partial charge in [0.2, 0.25) is 0 Å². The average molecular weight is 315 g/mol. The van der Waals surface area contributed by atoms with Crippen LogP contribution in [0.25, 0.3) is 0 Å². The Morgan fingerprint density at radius 3 is 2.59 bits per heavy atom. The Hall–Kier alpha value is -1.28. The summed E-state index contributed by atoms with van der Waals surface area (Å²) >= 11 is 0. The lowest BCUT2D eigenvalue weighted by Gasteiger charge is -2.23. The minimum absolute atomic E-state index is 0.0798. The van der Waals surface area contributed by atoms with Crippen molar-refractivity contribution in [3.63, 3.8) is 0 Å². The van der Waals surface area contributed by atoms with Gasteiger partial charge in [0.1, 0.15) is 30.1 Å². The molecule has 3 rings (SSSR count). The molecule has 1 aromatic carbocycles. The van der Waals surface area contributed by atoms with Gasteiger partial charge in [0.25, 0.3) is 0 Å². The van der Waals surface area contributed by atoms with E-state index in [1.165, 1.54) is 0 Å². The Morgan fingerprint density at radius 2 is 1.95 bits per heavy atom. The zero-order valence-corrected chi connectivity index (χ0v) is 12.4. The largest absolute Gasteiger partial charge is 0.492 e. The van der Waals surface area contributed by atoms with Crippen molar-refractivity contribution in [1.82, 2.24) is 0 Å². The first-order valence-corrected chi connectivity index (χ1v) is 7.18. The highest BCUT2D eigenvalue weighted by Crippen LogP contribution is 2.37. The molecule has 4 unspecified atom stereocenters. The number of fused-ring (bicyclic) bond motifs is 1. The maximum atomic E-state index is 13.1. The highest BCUT2D eigenvalue weighted by Gasteiger charge is 2.49. The summed E-state index contributed by atoms with van der Waals surface area (Å²) in [5.41, 5.74) is 6.03. The van der Waals surface area contributed by atoms with E-state index in [-0.39, 0.29) is 24.6 Å². The van der Waals surface area contributed by atoms with Crippen molar-refractivity contribution in [3.8, 4) is 5.75 Å². The van der Waals surface area contributed by atoms with Crippen molar-refractivity contribution >= 4 is 0 Å². The normalized spacial score (nSPS) is 31.0. The zero-order chi connectivity index (χ0) is 15.9. The SMILES string of the molecule is CC1(C)OC2CC(C(N)COc3cc(F)cc(F)c3)OC2O1. The molecule has 2 saturated heterocycles. The molecular weight excluding hydrogens is 296 g/mol. The standard InChI is InChI=1S/C15H19F2NO4/c1-15(2)21-13-6-12(20-14(13)22-15)11(18)7-19-10-4-8(16)3-9(17)5-10/h3-5,11-14H,6-7,18H2,1-2H3. The smallest absolute Gasteiger partial charge is 0.187 e. The van der Waals surface area contributed by atoms with Crippen LogP contribution in [-0.4, -0.2) is 36.9 Å². The van der Waals surface area contributed by atoms with Crippen LogP contribution >= 0.6 is 0 Å². The molecule has 2 N–H and O–H groups in total. The molecule has 2 aliphatic rings. The second-order valence-corrected chi connectivity index (χ2v) is 6.03. The molecular formula is C15H19F2NO4. The van der Waals surface area contributed by atoms with Crippen LogP contribution in [-0.2, 0) is 14.2 Å². The van der Waals surface area contributed by atoms with Crippen molar-refractivity contribution in [1.29, 1.82) is 0 Å². The average Bonchev–Trinajstić information content (AvgIpc) is 2.88. The third kappa shape index (κ3) is 3.38. The van der Waals surface area contributed by atoms with Gasteiger partial charge in [-0.25, -0.2) is 8.78 Å². The number of nitrogens with two attached hydrogens (primary N) is 1. The lowest BCUT2D eigenvalue weighted by Crippen LogP contribution is -2.41. The van der Waals surface area contributed by atoms with E-state index in [1.807, 2.05) is 13.8 Å². The fraction of sp³-hybridized carbons (Fsp3) is 0.600. The quantitative estimate of drug-likeness (QED) is 0.920. The Balaban J connectivity index is 1.52. The fourth-order valence-electron chi connectivity index (χ4n) is 2.72. The van der Waals surface area contributed by atoms with Crippen LogP contribution in [0.1, 0.15) is 20.3 Å². The molecule has 22 heavy (non-hydrogen) atoms. The van der Waals surface area contributed by atoms with Crippen LogP contribution < -0.4 is 10.5 Å². The Bertz CT molecular complexity index is 518. The van der Waals surface area contributed by atoms with Crippen molar-refractivity contribution < 1.29 is 27.7 Å². The highest BCUT2D eigenvalue weighted by atomic mass is 19.1. The first-order chi connectivity index (χ1) is 10.3. The van der Waals surface area contributed by atoms with Gasteiger partial charge in [-0.1, -0.05) is 0 Å². The summed E-state index contributed by atoms with van der Waals surface area (Å²) < 4.78 is 48.5. The van der Waals surface area contributed by atoms with Gasteiger partial charge in [0.05, 0.1) is 12.1 Å². The van der Waals surface area contributed by atoms with E-state index < -0.39 is 29.8 Å². The predicted octanol–water partition coefficient (Wildman–Crippen LogP) is 1.94. The van der Waals surface area contributed by atoms with E-state index in [9.17, 15) is 8.78 Å². The third-order valence-electron chi connectivity index (χ3n) is 3.67. The van der Waals surface area contributed by atoms with E-state index in [0.717, 1.165) is 18.2 Å². The van der Waals surface area contributed by atoms with Crippen LogP contribution in [0, 0.1) is 11.6 Å². The summed E-state index contributed by atoms with van der Waals surface area (Å²) in [7, 11) is 0. The van der Waals surface area contributed by atoms with E-state index in [2.05, 4.69) is 0 Å². The summed E-state index contributed by atoms with van der Waals surface area (Å²) in [5.74, 6) is -1.95. The van der Waals surface area contributed by atoms with Gasteiger partial charge in [-0.3, -0.25) is 0 Å². The fourth-order valence-corrected chi connectivity index (χ4v) is 2.72. The van der Waals surface area contributed by atoms with E-state index in [1.54, 1.807) is 0 Å². The molecule has 0 bridgehead atoms. The lowest BCUT2D eigenvalue weighted by atomic mass is 10.1. The molecule has 0 spiro atoms. The van der Waals surface area contributed by atoms with Gasteiger partial charge < -0.3 is 24.7 Å². The maximum absolute atomic E-state index is 13.1. The molecule has 2 fully saturated rings. The third-order valence-corrected chi connectivity index (χ3v) is 3.67. The lowest BCUT2D eigenvalue weighted by molar-refractivity contribution is -0.207. The topological polar surface area (TPSA) is 62.9 Å². The van der Waals surface area contributed by atoms with Crippen molar-refractivity contribution in [2.75, 3.05) is 6.61 Å². The van der Waals surface area contributed by atoms with E-state index in [0.29, 0.717) is 6.42 Å². The number of benzene rings is 1. The van der Waals surface area contributed by atoms with Crippen molar-refractivity contribution in [2.45, 2.75) is 50.6 Å². The van der Waals surface area contributed by atoms with Gasteiger partial charge in [0.15, 0.2) is 12.1 Å². The molecule has 5 nitrogen and oxygen atoms in total. The minimum atomic E-state index is -0.695. The van der Waals surface area contributed by atoms with Gasteiger partial charge in [-0.2, -0.15) is 0 Å². The molecule has 2 heterocycles. The van der Waals surface area contributed by atoms with Gasteiger partial charge in [-0.05, 0) is 13.8 Å². The summed E-state index contributed by atoms with van der Waals surface area (Å²) in [5, 5.41) is 0. The van der Waals surface area contributed by atoms with Crippen LogP contribution in [0.2, 0.25) is 0 Å². The summed E-state index contributed by atoms with van der Waals surface area (Å²) in [6, 6.07) is 2.54. The van der Waals surface area contributed by atoms with Crippen LogP contribution in [0.4, 0.5) is 8.78 Å². The van der Waals surface area contributed by atoms with E-state index >= 15 is 0 Å². The number of ether oxygens (including phenoxy) is 4. The second kappa shape index (κ2) is 5.73. The Labute approximate surface area is 127 Å². The van der Waals surface area contributed by atoms with Gasteiger partial charge in [-0.15, -0.1) is 0 Å². The Kier molecular flexibility index (Phi) is 4.07. The first kappa shape index (κ1) is 15.6. The molecule has 0 aliphatic carbocycles. The molecule has 122 valence electrons. The number of rotatable bonds is 4. The summed E-state index contributed by atoms with van der Waals surface area (Å²) in [6.07, 6.45) is -0.282. The highest BCUT2D eigenvalue weighted by molar-refractivity contribution is 5.23. The summed E-state index contributed by atoms with van der Waals surface area (Å²) in [4.78, 5) is 0. The summed E-state index contributed by atoms with van der Waals surface area (Å²) in [6.45, 7) is 3.73. The van der Waals surface area contributed by atoms with Crippen molar-refractivity contribution in [2.24, 2.45) is 5.73 Å². The van der Waals surface area contributed by atoms with Crippen LogP contribution in [0.15, 0.2) is 18.2 Å². The molecule has 7 heteroatoms. The van der Waals surface area contributed by atoms with Gasteiger partial charge in [0, 0.05) is 24.6 Å². The van der Waals surface area contributed by atoms with E-state index in [4.69, 9.17) is 24.7 Å². The first-order valence-electron chi connectivity index (χ1n) is 7.18. The molecule has 1 aromatic rings. The number of hydrogen-bond donors (Lipinski definition) is 1. The molecule has 0 aromatic heterocycles. The predicted molar refractivity (Wildman–Crippen MR) is 73.1 cm³/mol. The Morgan fingerprint density at radius 1 is 1.27 bits per heavy atom. The molecule has 4 atom stereocenters. The van der Waals surface area contributed by atoms with Crippen LogP contribution in [0.5, 0.6) is 5.75 Å². The zero-order valence-electron chi connectivity index (χ0n) is 12.4. The molecule has 0 saturated carbocycles. The minimum Gasteiger partial charge on any atom is -0.492 e. The molecule has 0 amide bonds. The molecule has 2 aliphatic heterocycles. The van der Waals surface area contributed by atoms with Crippen LogP contribution in [0.3, 0.4) is 0 Å². The molecule has 0 radical (unpaired) electrons. The monoisotopic (exact) mass is 315 g/mol. The number of hydrogen-bond acceptors (Lipinski definition) is 5. The maximum Gasteiger partial charge on any atom is 0.187 e.